The van der Waals surface area contributed by atoms with E-state index >= 15 is 0 Å². The van der Waals surface area contributed by atoms with Crippen molar-refractivity contribution in [1.29, 1.82) is 5.26 Å². The predicted octanol–water partition coefficient (Wildman–Crippen LogP) is 2.70. The topological polar surface area (TPSA) is 71.9 Å². The number of nitrogens with zero attached hydrogens (tertiary/aromatic N) is 2. The summed E-state index contributed by atoms with van der Waals surface area (Å²) in [5.41, 5.74) is 11.9. The van der Waals surface area contributed by atoms with Gasteiger partial charge in [-0.1, -0.05) is 0 Å². The number of nitriles is 1. The Morgan fingerprint density at radius 1 is 1.30 bits per heavy atom. The van der Waals surface area contributed by atoms with E-state index in [1.54, 1.807) is 13.3 Å². The second-order valence-corrected chi connectivity index (χ2v) is 4.89. The summed E-state index contributed by atoms with van der Waals surface area (Å²) in [7, 11) is 1.58. The smallest absolute Gasteiger partial charge is 0.213 e. The van der Waals surface area contributed by atoms with Gasteiger partial charge in [0, 0.05) is 23.5 Å². The zero-order valence-corrected chi connectivity index (χ0v) is 11.3. The van der Waals surface area contributed by atoms with Gasteiger partial charge in [-0.2, -0.15) is 5.26 Å². The van der Waals surface area contributed by atoms with Gasteiger partial charge >= 0.3 is 0 Å². The Hall–Kier alpha value is -2.54. The van der Waals surface area contributed by atoms with Crippen molar-refractivity contribution in [2.24, 2.45) is 0 Å². The highest BCUT2D eigenvalue weighted by Crippen LogP contribution is 2.38. The Labute approximate surface area is 117 Å². The van der Waals surface area contributed by atoms with Gasteiger partial charge in [0.25, 0.3) is 0 Å². The van der Waals surface area contributed by atoms with E-state index in [4.69, 9.17) is 10.5 Å². The normalized spacial score (nSPS) is 12.8. The molecule has 20 heavy (non-hydrogen) atoms. The van der Waals surface area contributed by atoms with Gasteiger partial charge < -0.3 is 10.5 Å². The molecular formula is C16H15N3O. The van der Waals surface area contributed by atoms with Gasteiger partial charge in [-0.3, -0.25) is 0 Å². The molecule has 1 aliphatic rings. The van der Waals surface area contributed by atoms with E-state index in [2.05, 4.69) is 11.1 Å². The van der Waals surface area contributed by atoms with Crippen LogP contribution in [0.4, 0.5) is 5.69 Å². The predicted molar refractivity (Wildman–Crippen MR) is 77.4 cm³/mol. The maximum Gasteiger partial charge on any atom is 0.213 e. The summed E-state index contributed by atoms with van der Waals surface area (Å²) < 4.78 is 5.15. The molecule has 0 spiro atoms. The number of aromatic nitrogens is 1. The van der Waals surface area contributed by atoms with Gasteiger partial charge in [0.05, 0.1) is 18.7 Å². The van der Waals surface area contributed by atoms with Crippen molar-refractivity contribution < 1.29 is 4.74 Å². The molecule has 0 radical (unpaired) electrons. The van der Waals surface area contributed by atoms with Crippen LogP contribution in [0.5, 0.6) is 5.88 Å². The Balaban J connectivity index is 2.22. The number of hydrogen-bond acceptors (Lipinski definition) is 4. The van der Waals surface area contributed by atoms with Crippen LogP contribution in [-0.2, 0) is 12.8 Å². The third-order valence-corrected chi connectivity index (χ3v) is 3.82. The SMILES string of the molecule is COc1cc(-c2cc(C#N)c3c(c2N)CCC3)ccn1. The molecule has 1 aromatic carbocycles. The van der Waals surface area contributed by atoms with E-state index < -0.39 is 0 Å². The molecule has 0 fully saturated rings. The summed E-state index contributed by atoms with van der Waals surface area (Å²) in [6.07, 6.45) is 4.65. The van der Waals surface area contributed by atoms with Gasteiger partial charge in [-0.15, -0.1) is 0 Å². The minimum absolute atomic E-state index is 0.543. The molecule has 0 unspecified atom stereocenters. The summed E-state index contributed by atoms with van der Waals surface area (Å²) in [6, 6.07) is 7.90. The number of rotatable bonds is 2. The molecule has 0 bridgehead atoms. The first-order valence-electron chi connectivity index (χ1n) is 6.59. The van der Waals surface area contributed by atoms with Crippen LogP contribution in [-0.4, -0.2) is 12.1 Å². The van der Waals surface area contributed by atoms with E-state index in [0.717, 1.165) is 52.8 Å². The Morgan fingerprint density at radius 3 is 2.85 bits per heavy atom. The second kappa shape index (κ2) is 4.86. The van der Waals surface area contributed by atoms with Crippen molar-refractivity contribution in [3.63, 3.8) is 0 Å². The second-order valence-electron chi connectivity index (χ2n) is 4.89. The lowest BCUT2D eigenvalue weighted by molar-refractivity contribution is 0.398. The maximum absolute atomic E-state index is 9.34. The molecule has 4 nitrogen and oxygen atoms in total. The molecule has 0 saturated heterocycles. The van der Waals surface area contributed by atoms with Crippen molar-refractivity contribution in [2.45, 2.75) is 19.3 Å². The van der Waals surface area contributed by atoms with Gasteiger partial charge in [0.1, 0.15) is 0 Å². The van der Waals surface area contributed by atoms with Crippen LogP contribution in [0.3, 0.4) is 0 Å². The molecule has 1 aliphatic carbocycles. The lowest BCUT2D eigenvalue weighted by atomic mass is 9.94. The maximum atomic E-state index is 9.34. The number of ether oxygens (including phenoxy) is 1. The number of hydrogen-bond donors (Lipinski definition) is 1. The Kier molecular flexibility index (Phi) is 3.03. The fourth-order valence-electron chi connectivity index (χ4n) is 2.84. The van der Waals surface area contributed by atoms with Crippen LogP contribution in [0.15, 0.2) is 24.4 Å². The number of anilines is 1. The molecule has 1 heterocycles. The molecule has 0 aliphatic heterocycles. The summed E-state index contributed by atoms with van der Waals surface area (Å²) in [5, 5.41) is 9.34. The van der Waals surface area contributed by atoms with Gasteiger partial charge in [0.2, 0.25) is 5.88 Å². The van der Waals surface area contributed by atoms with Crippen LogP contribution < -0.4 is 10.5 Å². The third kappa shape index (κ3) is 1.88. The zero-order chi connectivity index (χ0) is 14.1. The first kappa shape index (κ1) is 12.5. The van der Waals surface area contributed by atoms with Crippen LogP contribution in [0.1, 0.15) is 23.1 Å². The molecule has 3 rings (SSSR count). The van der Waals surface area contributed by atoms with Crippen LogP contribution in [0.2, 0.25) is 0 Å². The van der Waals surface area contributed by atoms with Crippen LogP contribution >= 0.6 is 0 Å². The highest BCUT2D eigenvalue weighted by atomic mass is 16.5. The number of nitrogens with two attached hydrogens (primary N) is 1. The molecule has 4 heteroatoms. The summed E-state index contributed by atoms with van der Waals surface area (Å²) in [4.78, 5) is 4.10. The monoisotopic (exact) mass is 265 g/mol. The lowest BCUT2D eigenvalue weighted by Gasteiger charge is -2.13. The Morgan fingerprint density at radius 2 is 2.10 bits per heavy atom. The minimum Gasteiger partial charge on any atom is -0.481 e. The molecule has 100 valence electrons. The molecule has 0 atom stereocenters. The Bertz CT molecular complexity index is 716. The summed E-state index contributed by atoms with van der Waals surface area (Å²) >= 11 is 0. The van der Waals surface area contributed by atoms with Gasteiger partial charge in [-0.25, -0.2) is 4.98 Å². The van der Waals surface area contributed by atoms with Crippen molar-refractivity contribution in [1.82, 2.24) is 4.98 Å². The average molecular weight is 265 g/mol. The minimum atomic E-state index is 0.543. The molecule has 2 aromatic rings. The van der Waals surface area contributed by atoms with Crippen LogP contribution in [0.25, 0.3) is 11.1 Å². The molecule has 2 N–H and O–H groups in total. The van der Waals surface area contributed by atoms with Crippen molar-refractivity contribution in [3.05, 3.63) is 41.1 Å². The van der Waals surface area contributed by atoms with E-state index in [1.165, 1.54) is 0 Å². The lowest BCUT2D eigenvalue weighted by Crippen LogP contribution is -2.00. The fraction of sp³-hybridized carbons (Fsp3) is 0.250. The van der Waals surface area contributed by atoms with Crippen LogP contribution in [0, 0.1) is 11.3 Å². The number of pyridine rings is 1. The molecule has 1 aromatic heterocycles. The largest absolute Gasteiger partial charge is 0.481 e. The standard InChI is InChI=1S/C16H15N3O/c1-20-15-8-10(5-6-19-15)14-7-11(9-17)12-3-2-4-13(12)16(14)18/h5-8H,2-4,18H2,1H3. The summed E-state index contributed by atoms with van der Waals surface area (Å²) in [5.74, 6) is 0.543. The van der Waals surface area contributed by atoms with Gasteiger partial charge in [-0.05, 0) is 48.1 Å². The summed E-state index contributed by atoms with van der Waals surface area (Å²) in [6.45, 7) is 0. The quantitative estimate of drug-likeness (QED) is 0.847. The van der Waals surface area contributed by atoms with Crippen molar-refractivity contribution >= 4 is 5.69 Å². The first-order valence-corrected chi connectivity index (χ1v) is 6.59. The van der Waals surface area contributed by atoms with E-state index in [-0.39, 0.29) is 0 Å². The number of nitrogen functional groups attached to an aromatic ring is 1. The zero-order valence-electron chi connectivity index (χ0n) is 11.3. The molecule has 0 saturated carbocycles. The van der Waals surface area contributed by atoms with E-state index in [0.29, 0.717) is 5.88 Å². The van der Waals surface area contributed by atoms with E-state index in [9.17, 15) is 5.26 Å². The van der Waals surface area contributed by atoms with Crippen molar-refractivity contribution in [2.75, 3.05) is 12.8 Å². The molecular weight excluding hydrogens is 250 g/mol. The molecule has 0 amide bonds. The third-order valence-electron chi connectivity index (χ3n) is 3.82. The first-order chi connectivity index (χ1) is 9.74. The van der Waals surface area contributed by atoms with Crippen molar-refractivity contribution in [3.8, 4) is 23.1 Å². The number of methoxy groups -OCH3 is 1. The highest BCUT2D eigenvalue weighted by molar-refractivity contribution is 5.82. The fourth-order valence-corrected chi connectivity index (χ4v) is 2.84. The average Bonchev–Trinajstić information content (AvgIpc) is 2.98. The van der Waals surface area contributed by atoms with E-state index in [1.807, 2.05) is 18.2 Å². The van der Waals surface area contributed by atoms with Gasteiger partial charge in [0.15, 0.2) is 0 Å². The highest BCUT2D eigenvalue weighted by Gasteiger charge is 2.21. The number of fused-ring (bicyclic) bond motifs is 1. The number of benzene rings is 1.